The van der Waals surface area contributed by atoms with Gasteiger partial charge in [0.15, 0.2) is 0 Å². The van der Waals surface area contributed by atoms with Crippen LogP contribution in [0.4, 0.5) is 0 Å². The second-order valence-corrected chi connectivity index (χ2v) is 1.55. The van der Waals surface area contributed by atoms with Gasteiger partial charge in [-0.05, 0) is 0 Å². The molecule has 1 atom stereocenters. The molecule has 0 rings (SSSR count). The third-order valence-corrected chi connectivity index (χ3v) is 0.996. The van der Waals surface area contributed by atoms with E-state index in [-0.39, 0.29) is 5.92 Å². The van der Waals surface area contributed by atoms with E-state index in [0.29, 0.717) is 5.75 Å². The Balaban J connectivity index is 2.96. The van der Waals surface area contributed by atoms with Gasteiger partial charge in [0.1, 0.15) is 0 Å². The minimum Gasteiger partial charge on any atom is -0.303 e. The van der Waals surface area contributed by atoms with Gasteiger partial charge in [0.2, 0.25) is 0 Å². The molecule has 2 heteroatoms. The fourth-order valence-electron chi connectivity index (χ4n) is 0.0417. The summed E-state index contributed by atoms with van der Waals surface area (Å²) in [5, 5.41) is 6.49. The van der Waals surface area contributed by atoms with Crippen molar-refractivity contribution in [3.8, 4) is 0 Å². The molecule has 34 valence electrons. The van der Waals surface area contributed by atoms with Gasteiger partial charge >= 0.3 is 0 Å². The molecule has 0 aliphatic rings. The number of hydrogen-bond acceptors (Lipinski definition) is 1. The average Bonchev–Trinajstić information content (AvgIpc) is 1.65. The van der Waals surface area contributed by atoms with E-state index in [2.05, 4.69) is 18.8 Å². The van der Waals surface area contributed by atoms with Crippen molar-refractivity contribution in [2.45, 2.75) is 6.92 Å². The fraction of sp³-hybridized carbons (Fsp3) is 0.750. The van der Waals surface area contributed by atoms with E-state index in [0.717, 1.165) is 0 Å². The molecular weight excluding hydrogens is 94.1 g/mol. The van der Waals surface area contributed by atoms with Crippen molar-refractivity contribution in [2.24, 2.45) is 5.92 Å². The molecule has 0 aromatic rings. The molecule has 0 aromatic carbocycles. The van der Waals surface area contributed by atoms with Crippen LogP contribution in [0.2, 0.25) is 0 Å². The molecule has 0 bridgehead atoms. The van der Waals surface area contributed by atoms with Crippen LogP contribution >= 0.6 is 12.6 Å². The molecule has 0 aliphatic carbocycles. The molecule has 0 heterocycles. The van der Waals surface area contributed by atoms with Crippen molar-refractivity contribution < 1.29 is 0 Å². The summed E-state index contributed by atoms with van der Waals surface area (Å²) < 4.78 is 0. The first kappa shape index (κ1) is 6.02. The van der Waals surface area contributed by atoms with Crippen LogP contribution in [0.1, 0.15) is 6.92 Å². The molecule has 1 unspecified atom stereocenters. The van der Waals surface area contributed by atoms with Crippen LogP contribution in [-0.4, -0.2) is 12.0 Å². The first-order valence-corrected chi connectivity index (χ1v) is 2.39. The molecule has 0 fully saturated rings. The first-order valence-electron chi connectivity index (χ1n) is 1.81. The summed E-state index contributed by atoms with van der Waals surface area (Å²) in [6.07, 6.45) is 2.26. The number of rotatable bonds is 2. The summed E-state index contributed by atoms with van der Waals surface area (Å²) in [5.74, 6) is 0.781. The van der Waals surface area contributed by atoms with Gasteiger partial charge in [-0.15, -0.1) is 0 Å². The molecule has 1 nitrogen and oxygen atoms in total. The third kappa shape index (κ3) is 2.27. The molecule has 0 aliphatic heterocycles. The quantitative estimate of drug-likeness (QED) is 0.508. The summed E-state index contributed by atoms with van der Waals surface area (Å²) >= 11 is 4.59. The van der Waals surface area contributed by atoms with E-state index in [4.69, 9.17) is 5.41 Å². The minimum atomic E-state index is 0.167. The maximum atomic E-state index is 6.49. The highest BCUT2D eigenvalue weighted by atomic mass is 32.1. The zero-order chi connectivity index (χ0) is 4.99. The number of hydrogen-bond donors (Lipinski definition) is 1. The maximum absolute atomic E-state index is 6.49. The van der Waals surface area contributed by atoms with Crippen LogP contribution in [0, 0.1) is 11.3 Å². The van der Waals surface area contributed by atoms with Gasteiger partial charge in [-0.3, -0.25) is 0 Å². The van der Waals surface area contributed by atoms with Crippen LogP contribution in [-0.2, 0) is 0 Å². The highest BCUT2D eigenvalue weighted by molar-refractivity contribution is 7.80. The smallest absolute Gasteiger partial charge is 0.0561 e. The summed E-state index contributed by atoms with van der Waals surface area (Å²) in [5.41, 5.74) is 0. The molecular formula is C4H7NS. The summed E-state index contributed by atoms with van der Waals surface area (Å²) in [6.45, 7) is 1.88. The highest BCUT2D eigenvalue weighted by Gasteiger charge is 1.89. The fourth-order valence-corrected chi connectivity index (χ4v) is 0.125. The van der Waals surface area contributed by atoms with Gasteiger partial charge in [-0.25, -0.2) is 0 Å². The summed E-state index contributed by atoms with van der Waals surface area (Å²) in [7, 11) is 0. The van der Waals surface area contributed by atoms with Gasteiger partial charge in [0.05, 0.1) is 6.21 Å². The Morgan fingerprint density at radius 2 is 2.50 bits per heavy atom. The lowest BCUT2D eigenvalue weighted by Gasteiger charge is -1.89. The SMILES string of the molecule is CC([C]=N)C[S]. The minimum absolute atomic E-state index is 0.167. The lowest BCUT2D eigenvalue weighted by atomic mass is 10.2. The Morgan fingerprint density at radius 3 is 2.50 bits per heavy atom. The van der Waals surface area contributed by atoms with E-state index < -0.39 is 0 Å². The van der Waals surface area contributed by atoms with Crippen LogP contribution in [0.3, 0.4) is 0 Å². The molecule has 1 N–H and O–H groups in total. The maximum Gasteiger partial charge on any atom is 0.0561 e. The Bertz CT molecular complexity index is 44.8. The molecule has 0 amide bonds. The molecule has 2 radical (unpaired) electrons. The number of nitrogens with one attached hydrogen (secondary N) is 1. The van der Waals surface area contributed by atoms with Gasteiger partial charge in [0, 0.05) is 11.7 Å². The van der Waals surface area contributed by atoms with E-state index >= 15 is 0 Å². The van der Waals surface area contributed by atoms with Crippen molar-refractivity contribution in [1.29, 1.82) is 5.41 Å². The van der Waals surface area contributed by atoms with Crippen molar-refractivity contribution in [2.75, 3.05) is 5.75 Å². The lowest BCUT2D eigenvalue weighted by Crippen LogP contribution is -1.93. The molecule has 6 heavy (non-hydrogen) atoms. The van der Waals surface area contributed by atoms with E-state index in [1.54, 1.807) is 0 Å². The summed E-state index contributed by atoms with van der Waals surface area (Å²) in [4.78, 5) is 0. The Labute approximate surface area is 43.7 Å². The van der Waals surface area contributed by atoms with E-state index in [1.807, 2.05) is 6.92 Å². The largest absolute Gasteiger partial charge is 0.303 e. The van der Waals surface area contributed by atoms with Crippen molar-refractivity contribution in [3.05, 3.63) is 0 Å². The topological polar surface area (TPSA) is 23.9 Å². The van der Waals surface area contributed by atoms with Crippen molar-refractivity contribution >= 4 is 18.8 Å². The monoisotopic (exact) mass is 101 g/mol. The zero-order valence-electron chi connectivity index (χ0n) is 3.69. The second kappa shape index (κ2) is 3.22. The van der Waals surface area contributed by atoms with Crippen molar-refractivity contribution in [3.63, 3.8) is 0 Å². The highest BCUT2D eigenvalue weighted by Crippen LogP contribution is 1.89. The molecule has 0 saturated carbocycles. The Morgan fingerprint density at radius 1 is 2.00 bits per heavy atom. The van der Waals surface area contributed by atoms with Gasteiger partial charge in [-0.1, -0.05) is 19.6 Å². The van der Waals surface area contributed by atoms with Gasteiger partial charge < -0.3 is 5.41 Å². The van der Waals surface area contributed by atoms with Crippen molar-refractivity contribution in [1.82, 2.24) is 0 Å². The summed E-state index contributed by atoms with van der Waals surface area (Å²) in [6, 6.07) is 0. The van der Waals surface area contributed by atoms with Crippen LogP contribution in [0.25, 0.3) is 0 Å². The first-order chi connectivity index (χ1) is 2.81. The van der Waals surface area contributed by atoms with E-state index in [9.17, 15) is 0 Å². The third-order valence-electron chi connectivity index (χ3n) is 0.496. The zero-order valence-corrected chi connectivity index (χ0v) is 4.51. The molecule has 0 spiro atoms. The predicted octanol–water partition coefficient (Wildman–Crippen LogP) is 1.35. The van der Waals surface area contributed by atoms with E-state index in [1.165, 1.54) is 0 Å². The van der Waals surface area contributed by atoms with Crippen LogP contribution in [0.5, 0.6) is 0 Å². The predicted molar refractivity (Wildman–Crippen MR) is 29.3 cm³/mol. The molecule has 0 saturated heterocycles. The Hall–Kier alpha value is 0.0200. The van der Waals surface area contributed by atoms with Crippen LogP contribution in [0.15, 0.2) is 0 Å². The Kier molecular flexibility index (Phi) is 3.23. The standard InChI is InChI=1S/C4H7NS/c1-4(2-5)3-6/h4-5H,3H2,1H3. The lowest BCUT2D eigenvalue weighted by molar-refractivity contribution is 0.921. The molecule has 0 aromatic heterocycles. The average molecular weight is 101 g/mol. The second-order valence-electron chi connectivity index (χ2n) is 1.21. The normalized spacial score (nSPS) is 13.7. The van der Waals surface area contributed by atoms with Gasteiger partial charge in [-0.2, -0.15) is 0 Å². The van der Waals surface area contributed by atoms with Gasteiger partial charge in [0.25, 0.3) is 0 Å². The van der Waals surface area contributed by atoms with Crippen LogP contribution < -0.4 is 0 Å².